The molecule has 0 bridgehead atoms. The second-order valence-electron chi connectivity index (χ2n) is 3.67. The van der Waals surface area contributed by atoms with E-state index in [0.29, 0.717) is 5.56 Å². The Morgan fingerprint density at radius 2 is 1.79 bits per heavy atom. The van der Waals surface area contributed by atoms with Crippen molar-refractivity contribution >= 4 is 0 Å². The summed E-state index contributed by atoms with van der Waals surface area (Å²) >= 11 is 0. The van der Waals surface area contributed by atoms with E-state index in [2.05, 4.69) is 10.1 Å². The largest absolute Gasteiger partial charge is 0.467 e. The molecule has 1 aromatic heterocycles. The van der Waals surface area contributed by atoms with E-state index in [4.69, 9.17) is 4.42 Å². The van der Waals surface area contributed by atoms with Gasteiger partial charge in [-0.25, -0.2) is 0 Å². The highest BCUT2D eigenvalue weighted by atomic mass is 19.4. The van der Waals surface area contributed by atoms with Gasteiger partial charge in [-0.15, -0.1) is 0 Å². The second-order valence-corrected chi connectivity index (χ2v) is 3.67. The standard InChI is InChI=1S/C10H11F6NO2/c1-17-4-6-2-3-18-7(6)5-19-8(9(11,12)13)10(14,15)16/h2-3,8,17H,4-5H2,1H3. The molecule has 3 nitrogen and oxygen atoms in total. The Hall–Kier alpha value is -1.22. The first-order valence-corrected chi connectivity index (χ1v) is 5.11. The first kappa shape index (κ1) is 15.8. The van der Waals surface area contributed by atoms with Crippen LogP contribution >= 0.6 is 0 Å². The van der Waals surface area contributed by atoms with Gasteiger partial charge in [0.05, 0.1) is 6.26 Å². The topological polar surface area (TPSA) is 34.4 Å². The summed E-state index contributed by atoms with van der Waals surface area (Å²) in [5.41, 5.74) is 0.436. The quantitative estimate of drug-likeness (QED) is 0.847. The summed E-state index contributed by atoms with van der Waals surface area (Å²) in [4.78, 5) is 0. The van der Waals surface area contributed by atoms with Gasteiger partial charge in [-0.1, -0.05) is 0 Å². The summed E-state index contributed by atoms with van der Waals surface area (Å²) in [5.74, 6) is -0.0761. The molecule has 0 radical (unpaired) electrons. The first-order valence-electron chi connectivity index (χ1n) is 5.11. The number of furan rings is 1. The fourth-order valence-electron chi connectivity index (χ4n) is 1.38. The lowest BCUT2D eigenvalue weighted by Gasteiger charge is -2.22. The maximum Gasteiger partial charge on any atom is 0.423 e. The van der Waals surface area contributed by atoms with Crippen LogP contribution in [-0.2, 0) is 17.9 Å². The Morgan fingerprint density at radius 3 is 2.26 bits per heavy atom. The van der Waals surface area contributed by atoms with E-state index in [-0.39, 0.29) is 12.3 Å². The average molecular weight is 291 g/mol. The number of ether oxygens (including phenoxy) is 1. The number of alkyl halides is 6. The molecule has 19 heavy (non-hydrogen) atoms. The Balaban J connectivity index is 2.74. The van der Waals surface area contributed by atoms with Crippen LogP contribution in [0.25, 0.3) is 0 Å². The molecule has 0 amide bonds. The van der Waals surface area contributed by atoms with Crippen LogP contribution in [0.2, 0.25) is 0 Å². The summed E-state index contributed by atoms with van der Waals surface area (Å²) in [5, 5.41) is 2.70. The van der Waals surface area contributed by atoms with Gasteiger partial charge in [0, 0.05) is 12.1 Å². The molecule has 0 aromatic carbocycles. The predicted molar refractivity (Wildman–Crippen MR) is 52.2 cm³/mol. The molecule has 0 saturated carbocycles. The highest BCUT2D eigenvalue weighted by Gasteiger charge is 2.58. The number of halogens is 6. The minimum absolute atomic E-state index is 0.0761. The first-order chi connectivity index (χ1) is 8.66. The molecule has 1 heterocycles. The summed E-state index contributed by atoms with van der Waals surface area (Å²) in [7, 11) is 1.58. The van der Waals surface area contributed by atoms with E-state index in [1.54, 1.807) is 7.05 Å². The maximum absolute atomic E-state index is 12.2. The molecule has 0 aliphatic heterocycles. The van der Waals surface area contributed by atoms with Crippen molar-refractivity contribution in [3.8, 4) is 0 Å². The van der Waals surface area contributed by atoms with Gasteiger partial charge in [-0.3, -0.25) is 0 Å². The number of rotatable bonds is 5. The van der Waals surface area contributed by atoms with E-state index in [1.807, 2.05) is 0 Å². The number of hydrogen-bond acceptors (Lipinski definition) is 3. The van der Waals surface area contributed by atoms with Crippen LogP contribution in [0.4, 0.5) is 26.3 Å². The van der Waals surface area contributed by atoms with Gasteiger partial charge >= 0.3 is 12.4 Å². The Morgan fingerprint density at radius 1 is 1.21 bits per heavy atom. The van der Waals surface area contributed by atoms with E-state index in [9.17, 15) is 26.3 Å². The smallest absolute Gasteiger partial charge is 0.423 e. The van der Waals surface area contributed by atoms with Crippen LogP contribution in [0.15, 0.2) is 16.7 Å². The molecule has 9 heteroatoms. The summed E-state index contributed by atoms with van der Waals surface area (Å²) in [6.45, 7) is -0.661. The molecule has 0 saturated heterocycles. The third-order valence-corrected chi connectivity index (χ3v) is 2.18. The van der Waals surface area contributed by atoms with Crippen LogP contribution in [0.3, 0.4) is 0 Å². The lowest BCUT2D eigenvalue weighted by atomic mass is 10.2. The second kappa shape index (κ2) is 5.83. The zero-order valence-corrected chi connectivity index (χ0v) is 9.73. The van der Waals surface area contributed by atoms with E-state index < -0.39 is 25.1 Å². The van der Waals surface area contributed by atoms with E-state index in [0.717, 1.165) is 0 Å². The van der Waals surface area contributed by atoms with Gasteiger partial charge < -0.3 is 14.5 Å². The molecule has 0 aliphatic rings. The highest BCUT2D eigenvalue weighted by molar-refractivity contribution is 5.16. The van der Waals surface area contributed by atoms with Crippen LogP contribution in [0.5, 0.6) is 0 Å². The van der Waals surface area contributed by atoms with E-state index in [1.165, 1.54) is 12.3 Å². The fourth-order valence-corrected chi connectivity index (χ4v) is 1.38. The normalized spacial score (nSPS) is 13.3. The molecule has 0 atom stereocenters. The van der Waals surface area contributed by atoms with Crippen LogP contribution in [0.1, 0.15) is 11.3 Å². The average Bonchev–Trinajstić information content (AvgIpc) is 2.62. The van der Waals surface area contributed by atoms with Crippen molar-refractivity contribution in [3.63, 3.8) is 0 Å². The number of nitrogens with one attached hydrogen (secondary N) is 1. The fraction of sp³-hybridized carbons (Fsp3) is 0.600. The molecule has 1 aromatic rings. The Bertz CT molecular complexity index is 383. The molecule has 0 fully saturated rings. The van der Waals surface area contributed by atoms with Crippen LogP contribution in [0, 0.1) is 0 Å². The van der Waals surface area contributed by atoms with Crippen LogP contribution in [-0.4, -0.2) is 25.5 Å². The van der Waals surface area contributed by atoms with Crippen molar-refractivity contribution in [2.45, 2.75) is 31.6 Å². The minimum atomic E-state index is -5.52. The van der Waals surface area contributed by atoms with Crippen molar-refractivity contribution in [2.24, 2.45) is 0 Å². The van der Waals surface area contributed by atoms with Gasteiger partial charge in [0.2, 0.25) is 6.10 Å². The highest BCUT2D eigenvalue weighted by Crippen LogP contribution is 2.36. The lowest BCUT2D eigenvalue weighted by molar-refractivity contribution is -0.325. The third kappa shape index (κ3) is 4.43. The van der Waals surface area contributed by atoms with Gasteiger partial charge in [0.15, 0.2) is 0 Å². The van der Waals surface area contributed by atoms with Gasteiger partial charge in [0.1, 0.15) is 12.4 Å². The summed E-state index contributed by atoms with van der Waals surface area (Å²) in [6, 6.07) is 1.44. The lowest BCUT2D eigenvalue weighted by Crippen LogP contribution is -2.44. The predicted octanol–water partition coefficient (Wildman–Crippen LogP) is 3.01. The summed E-state index contributed by atoms with van der Waals surface area (Å²) in [6.07, 6.45) is -13.7. The zero-order chi connectivity index (χ0) is 14.7. The monoisotopic (exact) mass is 291 g/mol. The van der Waals surface area contributed by atoms with Crippen molar-refractivity contribution < 1.29 is 35.5 Å². The maximum atomic E-state index is 12.2. The van der Waals surface area contributed by atoms with Crippen molar-refractivity contribution in [1.29, 1.82) is 0 Å². The van der Waals surface area contributed by atoms with Gasteiger partial charge in [-0.05, 0) is 13.1 Å². The molecule has 1 rings (SSSR count). The summed E-state index contributed by atoms with van der Waals surface area (Å²) < 4.78 is 82.0. The van der Waals surface area contributed by atoms with Crippen molar-refractivity contribution in [1.82, 2.24) is 5.32 Å². The molecule has 0 aliphatic carbocycles. The van der Waals surface area contributed by atoms with Gasteiger partial charge in [0.25, 0.3) is 0 Å². The molecule has 0 unspecified atom stereocenters. The van der Waals surface area contributed by atoms with E-state index >= 15 is 0 Å². The zero-order valence-electron chi connectivity index (χ0n) is 9.73. The van der Waals surface area contributed by atoms with Crippen molar-refractivity contribution in [2.75, 3.05) is 7.05 Å². The SMILES string of the molecule is CNCc1ccoc1COC(C(F)(F)F)C(F)(F)F. The molecular formula is C10H11F6NO2. The minimum Gasteiger partial charge on any atom is -0.467 e. The van der Waals surface area contributed by atoms with Crippen LogP contribution < -0.4 is 5.32 Å². The number of hydrogen-bond donors (Lipinski definition) is 1. The Kier molecular flexibility index (Phi) is 4.86. The Labute approximate surface area is 104 Å². The third-order valence-electron chi connectivity index (χ3n) is 2.18. The van der Waals surface area contributed by atoms with Crippen molar-refractivity contribution in [3.05, 3.63) is 23.7 Å². The molecule has 1 N–H and O–H groups in total. The van der Waals surface area contributed by atoms with Gasteiger partial charge in [-0.2, -0.15) is 26.3 Å². The molecule has 0 spiro atoms. The molecular weight excluding hydrogens is 280 g/mol. The molecule has 110 valence electrons.